The molecule has 2 aromatic rings. The predicted molar refractivity (Wildman–Crippen MR) is 66.8 cm³/mol. The minimum absolute atomic E-state index is 0.421. The maximum Gasteiger partial charge on any atom is 0.213 e. The quantitative estimate of drug-likeness (QED) is 0.758. The molecule has 0 bridgehead atoms. The molecule has 0 amide bonds. The summed E-state index contributed by atoms with van der Waals surface area (Å²) in [5, 5.41) is 4.35. The molecular weight excluding hydrogens is 217 g/mol. The van der Waals surface area contributed by atoms with Crippen molar-refractivity contribution in [1.82, 2.24) is 10.3 Å². The van der Waals surface area contributed by atoms with E-state index in [9.17, 15) is 4.39 Å². The highest BCUT2D eigenvalue weighted by Crippen LogP contribution is 2.25. The summed E-state index contributed by atoms with van der Waals surface area (Å²) >= 11 is 0. The van der Waals surface area contributed by atoms with Crippen molar-refractivity contribution in [2.45, 2.75) is 0 Å². The maximum atomic E-state index is 13.1. The van der Waals surface area contributed by atoms with Crippen LogP contribution < -0.4 is 10.2 Å². The highest BCUT2D eigenvalue weighted by atomic mass is 19.1. The molecule has 88 valence electrons. The van der Waals surface area contributed by atoms with Crippen molar-refractivity contribution in [2.24, 2.45) is 0 Å². The predicted octanol–water partition coefficient (Wildman–Crippen LogP) is 1.78. The van der Waals surface area contributed by atoms with Crippen molar-refractivity contribution in [3.8, 4) is 0 Å². The van der Waals surface area contributed by atoms with Gasteiger partial charge in [0.15, 0.2) is 0 Å². The van der Waals surface area contributed by atoms with E-state index < -0.39 is 5.95 Å². The lowest BCUT2D eigenvalue weighted by Gasteiger charge is -2.30. The van der Waals surface area contributed by atoms with Crippen LogP contribution in [0.2, 0.25) is 0 Å². The normalized spacial score (nSPS) is 16.4. The molecule has 4 heteroatoms. The Kier molecular flexibility index (Phi) is 2.65. The van der Waals surface area contributed by atoms with Crippen LogP contribution in [0.15, 0.2) is 30.3 Å². The number of pyridine rings is 1. The zero-order valence-corrected chi connectivity index (χ0v) is 9.49. The number of halogens is 1. The Morgan fingerprint density at radius 1 is 1.12 bits per heavy atom. The monoisotopic (exact) mass is 231 g/mol. The molecule has 0 unspecified atom stereocenters. The minimum atomic E-state index is -0.421. The summed E-state index contributed by atoms with van der Waals surface area (Å²) in [6, 6.07) is 9.10. The zero-order valence-electron chi connectivity index (χ0n) is 9.49. The third kappa shape index (κ3) is 1.96. The van der Waals surface area contributed by atoms with Crippen LogP contribution in [0.4, 0.5) is 10.1 Å². The maximum absolute atomic E-state index is 13.1. The summed E-state index contributed by atoms with van der Waals surface area (Å²) in [5.41, 5.74) is 1.87. The first-order valence-electron chi connectivity index (χ1n) is 5.85. The largest absolute Gasteiger partial charge is 0.368 e. The van der Waals surface area contributed by atoms with Gasteiger partial charge in [-0.2, -0.15) is 4.39 Å². The summed E-state index contributed by atoms with van der Waals surface area (Å²) in [5.74, 6) is -0.421. The van der Waals surface area contributed by atoms with Gasteiger partial charge >= 0.3 is 0 Å². The van der Waals surface area contributed by atoms with E-state index in [0.29, 0.717) is 0 Å². The Bertz CT molecular complexity index is 535. The van der Waals surface area contributed by atoms with Gasteiger partial charge in [-0.05, 0) is 24.3 Å². The second kappa shape index (κ2) is 4.30. The van der Waals surface area contributed by atoms with E-state index in [4.69, 9.17) is 0 Å². The smallest absolute Gasteiger partial charge is 0.213 e. The summed E-state index contributed by atoms with van der Waals surface area (Å²) in [4.78, 5) is 6.24. The van der Waals surface area contributed by atoms with Gasteiger partial charge in [0.05, 0.1) is 5.52 Å². The van der Waals surface area contributed by atoms with Crippen LogP contribution in [0.3, 0.4) is 0 Å². The van der Waals surface area contributed by atoms with E-state index in [1.165, 1.54) is 6.07 Å². The molecule has 0 atom stereocenters. The van der Waals surface area contributed by atoms with Gasteiger partial charge in [-0.3, -0.25) is 0 Å². The van der Waals surface area contributed by atoms with Crippen LogP contribution in [-0.2, 0) is 0 Å². The molecule has 1 aliphatic heterocycles. The molecule has 1 saturated heterocycles. The van der Waals surface area contributed by atoms with Gasteiger partial charge in [0.1, 0.15) is 0 Å². The van der Waals surface area contributed by atoms with Gasteiger partial charge in [-0.15, -0.1) is 0 Å². The molecule has 0 radical (unpaired) electrons. The molecule has 1 fully saturated rings. The lowest BCUT2D eigenvalue weighted by molar-refractivity contribution is 0.587. The summed E-state index contributed by atoms with van der Waals surface area (Å²) in [6.07, 6.45) is 0. The van der Waals surface area contributed by atoms with Crippen molar-refractivity contribution >= 4 is 16.6 Å². The highest BCUT2D eigenvalue weighted by Gasteiger charge is 2.13. The zero-order chi connectivity index (χ0) is 11.7. The van der Waals surface area contributed by atoms with Crippen LogP contribution in [0.1, 0.15) is 0 Å². The molecule has 1 aromatic heterocycles. The molecule has 1 aromatic carbocycles. The van der Waals surface area contributed by atoms with E-state index in [-0.39, 0.29) is 0 Å². The fraction of sp³-hybridized carbons (Fsp3) is 0.308. The Labute approximate surface area is 99.3 Å². The second-order valence-corrected chi connectivity index (χ2v) is 4.21. The topological polar surface area (TPSA) is 28.2 Å². The van der Waals surface area contributed by atoms with Crippen molar-refractivity contribution in [2.75, 3.05) is 31.1 Å². The Hall–Kier alpha value is -1.68. The van der Waals surface area contributed by atoms with Gasteiger partial charge in [-0.1, -0.05) is 6.07 Å². The Balaban J connectivity index is 2.09. The summed E-state index contributed by atoms with van der Waals surface area (Å²) in [6.45, 7) is 3.95. The third-order valence-electron chi connectivity index (χ3n) is 3.13. The lowest BCUT2D eigenvalue weighted by Crippen LogP contribution is -2.43. The van der Waals surface area contributed by atoms with Crippen molar-refractivity contribution in [3.05, 3.63) is 36.3 Å². The summed E-state index contributed by atoms with van der Waals surface area (Å²) < 4.78 is 13.1. The standard InChI is InChI=1S/C13H14FN3/c14-13-5-4-10-11(16-13)2-1-3-12(10)17-8-6-15-7-9-17/h1-5,15H,6-9H2. The van der Waals surface area contributed by atoms with E-state index in [0.717, 1.165) is 42.8 Å². The van der Waals surface area contributed by atoms with Crippen LogP contribution in [0.25, 0.3) is 10.9 Å². The van der Waals surface area contributed by atoms with Gasteiger partial charge in [0, 0.05) is 37.3 Å². The van der Waals surface area contributed by atoms with E-state index >= 15 is 0 Å². The molecule has 0 saturated carbocycles. The molecule has 3 rings (SSSR count). The number of anilines is 1. The number of nitrogens with one attached hydrogen (secondary N) is 1. The number of piperazine rings is 1. The van der Waals surface area contributed by atoms with Crippen LogP contribution >= 0.6 is 0 Å². The molecule has 1 aliphatic rings. The number of aromatic nitrogens is 1. The molecule has 17 heavy (non-hydrogen) atoms. The number of nitrogens with zero attached hydrogens (tertiary/aromatic N) is 2. The molecule has 3 nitrogen and oxygen atoms in total. The molecule has 0 spiro atoms. The minimum Gasteiger partial charge on any atom is -0.368 e. The van der Waals surface area contributed by atoms with Gasteiger partial charge < -0.3 is 10.2 Å². The first kappa shape index (κ1) is 10.5. The van der Waals surface area contributed by atoms with Crippen LogP contribution in [0.5, 0.6) is 0 Å². The van der Waals surface area contributed by atoms with Crippen LogP contribution in [0, 0.1) is 5.95 Å². The van der Waals surface area contributed by atoms with Gasteiger partial charge in [0.2, 0.25) is 5.95 Å². The SMILES string of the molecule is Fc1ccc2c(N3CCNCC3)cccc2n1. The summed E-state index contributed by atoms with van der Waals surface area (Å²) in [7, 11) is 0. The number of hydrogen-bond acceptors (Lipinski definition) is 3. The lowest BCUT2D eigenvalue weighted by atomic mass is 10.1. The first-order chi connectivity index (χ1) is 8.34. The molecular formula is C13H14FN3. The van der Waals surface area contributed by atoms with E-state index in [1.807, 2.05) is 18.2 Å². The fourth-order valence-electron chi connectivity index (χ4n) is 2.30. The number of fused-ring (bicyclic) bond motifs is 1. The van der Waals surface area contributed by atoms with Gasteiger partial charge in [-0.25, -0.2) is 4.98 Å². The second-order valence-electron chi connectivity index (χ2n) is 4.21. The number of rotatable bonds is 1. The fourth-order valence-corrected chi connectivity index (χ4v) is 2.30. The average Bonchev–Trinajstić information content (AvgIpc) is 2.39. The molecule has 1 N–H and O–H groups in total. The Morgan fingerprint density at radius 2 is 1.94 bits per heavy atom. The van der Waals surface area contributed by atoms with Gasteiger partial charge in [0.25, 0.3) is 0 Å². The van der Waals surface area contributed by atoms with Crippen molar-refractivity contribution in [3.63, 3.8) is 0 Å². The van der Waals surface area contributed by atoms with E-state index in [1.54, 1.807) is 0 Å². The number of hydrogen-bond donors (Lipinski definition) is 1. The van der Waals surface area contributed by atoms with Crippen molar-refractivity contribution in [1.29, 1.82) is 0 Å². The van der Waals surface area contributed by atoms with Crippen LogP contribution in [-0.4, -0.2) is 31.2 Å². The molecule has 2 heterocycles. The number of benzene rings is 1. The molecule has 0 aliphatic carbocycles. The highest BCUT2D eigenvalue weighted by molar-refractivity contribution is 5.91. The average molecular weight is 231 g/mol. The first-order valence-corrected chi connectivity index (χ1v) is 5.85. The third-order valence-corrected chi connectivity index (χ3v) is 3.13. The Morgan fingerprint density at radius 3 is 2.76 bits per heavy atom. The van der Waals surface area contributed by atoms with Crippen molar-refractivity contribution < 1.29 is 4.39 Å². The van der Waals surface area contributed by atoms with E-state index in [2.05, 4.69) is 21.3 Å².